The summed E-state index contributed by atoms with van der Waals surface area (Å²) >= 11 is 0. The number of carbonyl (C=O) groups excluding carboxylic acids is 2. The standard InChI is InChI=1S/C26H26O8/c1-26(2,3)18-14-17(33-24(29)15-6-9-19(27)22(12-15)31-4)8-11-21(18)34-25(30)16-7-10-20(28)23(13-16)32-5/h6-14,27-28H,1-5H3. The minimum absolute atomic E-state index is 0.0909. The zero-order valence-electron chi connectivity index (χ0n) is 19.5. The normalized spacial score (nSPS) is 11.0. The van der Waals surface area contributed by atoms with Crippen LogP contribution in [0.4, 0.5) is 0 Å². The third-order valence-electron chi connectivity index (χ3n) is 5.00. The first-order valence-electron chi connectivity index (χ1n) is 10.4. The molecule has 0 aliphatic heterocycles. The van der Waals surface area contributed by atoms with Crippen molar-refractivity contribution in [3.05, 3.63) is 71.3 Å². The fourth-order valence-corrected chi connectivity index (χ4v) is 3.18. The average Bonchev–Trinajstić information content (AvgIpc) is 2.79. The molecule has 8 heteroatoms. The molecule has 0 saturated heterocycles. The van der Waals surface area contributed by atoms with E-state index in [2.05, 4.69) is 0 Å². The van der Waals surface area contributed by atoms with E-state index in [9.17, 15) is 19.8 Å². The van der Waals surface area contributed by atoms with E-state index in [0.29, 0.717) is 11.3 Å². The van der Waals surface area contributed by atoms with E-state index in [1.165, 1.54) is 56.7 Å². The van der Waals surface area contributed by atoms with Gasteiger partial charge >= 0.3 is 11.9 Å². The number of aromatic hydroxyl groups is 2. The van der Waals surface area contributed by atoms with Crippen LogP contribution < -0.4 is 18.9 Å². The number of rotatable bonds is 6. The van der Waals surface area contributed by atoms with Crippen LogP contribution in [0.3, 0.4) is 0 Å². The Balaban J connectivity index is 1.87. The van der Waals surface area contributed by atoms with Gasteiger partial charge in [0.2, 0.25) is 0 Å². The molecule has 3 aromatic rings. The predicted molar refractivity (Wildman–Crippen MR) is 124 cm³/mol. The van der Waals surface area contributed by atoms with E-state index < -0.39 is 17.4 Å². The molecule has 0 bridgehead atoms. The Labute approximate surface area is 197 Å². The van der Waals surface area contributed by atoms with Gasteiger partial charge in [-0.25, -0.2) is 9.59 Å². The number of methoxy groups -OCH3 is 2. The van der Waals surface area contributed by atoms with Crippen LogP contribution in [0.2, 0.25) is 0 Å². The van der Waals surface area contributed by atoms with E-state index in [4.69, 9.17) is 18.9 Å². The predicted octanol–water partition coefficient (Wildman–Crippen LogP) is 4.85. The maximum absolute atomic E-state index is 12.7. The number of carbonyl (C=O) groups is 2. The van der Waals surface area contributed by atoms with Crippen molar-refractivity contribution in [1.82, 2.24) is 0 Å². The summed E-state index contributed by atoms with van der Waals surface area (Å²) < 4.78 is 21.2. The van der Waals surface area contributed by atoms with E-state index in [1.807, 2.05) is 20.8 Å². The highest BCUT2D eigenvalue weighted by Gasteiger charge is 2.23. The van der Waals surface area contributed by atoms with Crippen molar-refractivity contribution < 1.29 is 38.7 Å². The molecule has 0 amide bonds. The lowest BCUT2D eigenvalue weighted by atomic mass is 9.86. The topological polar surface area (TPSA) is 112 Å². The van der Waals surface area contributed by atoms with Crippen LogP contribution in [-0.4, -0.2) is 36.4 Å². The van der Waals surface area contributed by atoms with Gasteiger partial charge in [0.1, 0.15) is 11.5 Å². The molecule has 0 atom stereocenters. The van der Waals surface area contributed by atoms with Crippen molar-refractivity contribution in [2.24, 2.45) is 0 Å². The number of phenolic OH excluding ortho intramolecular Hbond substituents is 2. The van der Waals surface area contributed by atoms with Crippen molar-refractivity contribution in [1.29, 1.82) is 0 Å². The summed E-state index contributed by atoms with van der Waals surface area (Å²) in [5.41, 5.74) is 0.585. The van der Waals surface area contributed by atoms with Crippen LogP contribution in [0.5, 0.6) is 34.5 Å². The highest BCUT2D eigenvalue weighted by molar-refractivity contribution is 5.93. The van der Waals surface area contributed by atoms with Crippen LogP contribution in [0.15, 0.2) is 54.6 Å². The van der Waals surface area contributed by atoms with Crippen LogP contribution in [0, 0.1) is 0 Å². The van der Waals surface area contributed by atoms with E-state index >= 15 is 0 Å². The summed E-state index contributed by atoms with van der Waals surface area (Å²) in [6.45, 7) is 5.79. The molecule has 0 aliphatic carbocycles. The van der Waals surface area contributed by atoms with Gasteiger partial charge < -0.3 is 29.2 Å². The van der Waals surface area contributed by atoms with Crippen LogP contribution in [0.1, 0.15) is 47.1 Å². The van der Waals surface area contributed by atoms with Gasteiger partial charge in [0.25, 0.3) is 0 Å². The lowest BCUT2D eigenvalue weighted by Crippen LogP contribution is -2.17. The van der Waals surface area contributed by atoms with Gasteiger partial charge in [-0.3, -0.25) is 0 Å². The third-order valence-corrected chi connectivity index (χ3v) is 5.00. The molecule has 0 aromatic heterocycles. The summed E-state index contributed by atoms with van der Waals surface area (Å²) in [6, 6.07) is 13.0. The summed E-state index contributed by atoms with van der Waals surface area (Å²) in [7, 11) is 2.77. The molecular formula is C26H26O8. The molecular weight excluding hydrogens is 440 g/mol. The molecule has 3 rings (SSSR count). The molecule has 178 valence electrons. The summed E-state index contributed by atoms with van der Waals surface area (Å²) in [5.74, 6) is -0.595. The Morgan fingerprint density at radius 1 is 0.676 bits per heavy atom. The Kier molecular flexibility index (Phi) is 7.00. The zero-order valence-corrected chi connectivity index (χ0v) is 19.5. The van der Waals surface area contributed by atoms with Gasteiger partial charge in [0, 0.05) is 5.56 Å². The average molecular weight is 466 g/mol. The molecule has 3 aromatic carbocycles. The highest BCUT2D eigenvalue weighted by Crippen LogP contribution is 2.36. The number of esters is 2. The van der Waals surface area contributed by atoms with Crippen molar-refractivity contribution in [3.8, 4) is 34.5 Å². The van der Waals surface area contributed by atoms with Gasteiger partial charge in [0.15, 0.2) is 23.0 Å². The van der Waals surface area contributed by atoms with Crippen LogP contribution in [-0.2, 0) is 5.41 Å². The van der Waals surface area contributed by atoms with Gasteiger partial charge in [-0.15, -0.1) is 0 Å². The molecule has 0 heterocycles. The fraction of sp³-hybridized carbons (Fsp3) is 0.231. The maximum atomic E-state index is 12.7. The number of hydrogen-bond acceptors (Lipinski definition) is 8. The minimum atomic E-state index is -0.640. The smallest absolute Gasteiger partial charge is 0.343 e. The Bertz CT molecular complexity index is 1220. The van der Waals surface area contributed by atoms with Gasteiger partial charge in [-0.2, -0.15) is 0 Å². The van der Waals surface area contributed by atoms with Gasteiger partial charge in [0.05, 0.1) is 25.3 Å². The Hall–Kier alpha value is -4.20. The number of ether oxygens (including phenoxy) is 4. The summed E-state index contributed by atoms with van der Waals surface area (Å²) in [6.07, 6.45) is 0. The van der Waals surface area contributed by atoms with Gasteiger partial charge in [-0.05, 0) is 60.0 Å². The molecule has 0 aliphatic rings. The van der Waals surface area contributed by atoms with Gasteiger partial charge in [-0.1, -0.05) is 20.8 Å². The van der Waals surface area contributed by atoms with Crippen molar-refractivity contribution >= 4 is 11.9 Å². The molecule has 8 nitrogen and oxygen atoms in total. The molecule has 0 spiro atoms. The molecule has 0 radical (unpaired) electrons. The second-order valence-corrected chi connectivity index (χ2v) is 8.46. The van der Waals surface area contributed by atoms with Crippen molar-refractivity contribution in [3.63, 3.8) is 0 Å². The van der Waals surface area contributed by atoms with E-state index in [-0.39, 0.29) is 39.9 Å². The largest absolute Gasteiger partial charge is 0.504 e. The lowest BCUT2D eigenvalue weighted by molar-refractivity contribution is 0.0716. The summed E-state index contributed by atoms with van der Waals surface area (Å²) in [4.78, 5) is 25.3. The number of phenols is 2. The third kappa shape index (κ3) is 5.40. The first kappa shape index (κ1) is 24.4. The minimum Gasteiger partial charge on any atom is -0.504 e. The first-order valence-corrected chi connectivity index (χ1v) is 10.4. The van der Waals surface area contributed by atoms with E-state index in [1.54, 1.807) is 12.1 Å². The number of benzene rings is 3. The van der Waals surface area contributed by atoms with Crippen molar-refractivity contribution in [2.75, 3.05) is 14.2 Å². The van der Waals surface area contributed by atoms with Crippen LogP contribution >= 0.6 is 0 Å². The molecule has 0 unspecified atom stereocenters. The molecule has 2 N–H and O–H groups in total. The molecule has 34 heavy (non-hydrogen) atoms. The Morgan fingerprint density at radius 3 is 1.65 bits per heavy atom. The highest BCUT2D eigenvalue weighted by atomic mass is 16.5. The van der Waals surface area contributed by atoms with Crippen LogP contribution in [0.25, 0.3) is 0 Å². The SMILES string of the molecule is COc1cc(C(=O)Oc2ccc(OC(=O)c3ccc(O)c(OC)c3)c(C(C)(C)C)c2)ccc1O. The first-order chi connectivity index (χ1) is 16.0. The van der Waals surface area contributed by atoms with Crippen molar-refractivity contribution in [2.45, 2.75) is 26.2 Å². The zero-order chi connectivity index (χ0) is 25.0. The molecule has 0 saturated carbocycles. The fourth-order valence-electron chi connectivity index (χ4n) is 3.18. The number of hydrogen-bond donors (Lipinski definition) is 2. The van der Waals surface area contributed by atoms with E-state index in [0.717, 1.165) is 0 Å². The summed E-state index contributed by atoms with van der Waals surface area (Å²) in [5, 5.41) is 19.5. The maximum Gasteiger partial charge on any atom is 0.343 e. The molecule has 0 fully saturated rings. The second kappa shape index (κ2) is 9.74. The monoisotopic (exact) mass is 466 g/mol. The lowest BCUT2D eigenvalue weighted by Gasteiger charge is -2.23. The Morgan fingerprint density at radius 2 is 1.18 bits per heavy atom. The second-order valence-electron chi connectivity index (χ2n) is 8.46. The quantitative estimate of drug-likeness (QED) is 0.392.